The van der Waals surface area contributed by atoms with E-state index in [0.29, 0.717) is 6.54 Å². The van der Waals surface area contributed by atoms with Crippen molar-refractivity contribution >= 4 is 26.8 Å². The van der Waals surface area contributed by atoms with Gasteiger partial charge < -0.3 is 4.57 Å². The van der Waals surface area contributed by atoms with Gasteiger partial charge in [-0.25, -0.2) is 13.9 Å². The number of hydroxylamine groups is 1. The molecule has 1 amide bonds. The van der Waals surface area contributed by atoms with Crippen LogP contribution in [-0.2, 0) is 40.7 Å². The molecule has 2 N–H and O–H groups in total. The highest BCUT2D eigenvalue weighted by Crippen LogP contribution is 2.36. The molecule has 0 saturated heterocycles. The van der Waals surface area contributed by atoms with Crippen LogP contribution in [0.2, 0.25) is 0 Å². The number of para-hydroxylation sites is 1. The van der Waals surface area contributed by atoms with Gasteiger partial charge in [0, 0.05) is 29.6 Å². The smallest absolute Gasteiger partial charge is 0.262 e. The SMILES string of the molecule is CCCCCc1ccc(S(=O)(=O)N2Cc3c(c4ccccc4n3Cc3ccccc3)C[C@@H]2C(=O)NO)cc1. The van der Waals surface area contributed by atoms with Gasteiger partial charge in [-0.1, -0.05) is 80.4 Å². The van der Waals surface area contributed by atoms with Crippen molar-refractivity contribution in [2.45, 2.75) is 63.1 Å². The molecule has 2 heterocycles. The lowest BCUT2D eigenvalue weighted by molar-refractivity contribution is -0.133. The van der Waals surface area contributed by atoms with Crippen LogP contribution in [0, 0.1) is 0 Å². The number of carbonyl (C=O) groups is 1. The Morgan fingerprint density at radius 1 is 0.947 bits per heavy atom. The molecule has 0 spiro atoms. The summed E-state index contributed by atoms with van der Waals surface area (Å²) in [6, 6.07) is 23.8. The largest absolute Gasteiger partial charge is 0.339 e. The average molecular weight is 532 g/mol. The maximum atomic E-state index is 13.9. The van der Waals surface area contributed by atoms with E-state index in [-0.39, 0.29) is 17.9 Å². The van der Waals surface area contributed by atoms with E-state index in [1.807, 2.05) is 66.7 Å². The lowest BCUT2D eigenvalue weighted by atomic mass is 9.98. The van der Waals surface area contributed by atoms with E-state index in [2.05, 4.69) is 11.5 Å². The van der Waals surface area contributed by atoms with Gasteiger partial charge >= 0.3 is 0 Å². The molecule has 0 saturated carbocycles. The molecular formula is C30H33N3O4S. The number of amides is 1. The minimum atomic E-state index is -4.03. The van der Waals surface area contributed by atoms with Crippen LogP contribution in [0.5, 0.6) is 0 Å². The molecule has 1 aliphatic rings. The van der Waals surface area contributed by atoms with E-state index in [1.165, 1.54) is 4.31 Å². The summed E-state index contributed by atoms with van der Waals surface area (Å²) < 4.78 is 31.3. The molecule has 1 atom stereocenters. The Balaban J connectivity index is 1.56. The first kappa shape index (κ1) is 26.2. The van der Waals surface area contributed by atoms with Crippen LogP contribution in [0.15, 0.2) is 83.8 Å². The van der Waals surface area contributed by atoms with Crippen molar-refractivity contribution in [1.29, 1.82) is 0 Å². The molecule has 4 aromatic rings. The monoisotopic (exact) mass is 531 g/mol. The Kier molecular flexibility index (Phi) is 7.65. The molecule has 0 bridgehead atoms. The van der Waals surface area contributed by atoms with E-state index >= 15 is 0 Å². The van der Waals surface area contributed by atoms with Crippen LogP contribution < -0.4 is 5.48 Å². The summed E-state index contributed by atoms with van der Waals surface area (Å²) in [5, 5.41) is 10.5. The molecule has 0 radical (unpaired) electrons. The molecule has 1 aliphatic heterocycles. The third-order valence-electron chi connectivity index (χ3n) is 7.44. The zero-order valence-electron chi connectivity index (χ0n) is 21.5. The molecule has 0 unspecified atom stereocenters. The summed E-state index contributed by atoms with van der Waals surface area (Å²) in [6.45, 7) is 2.75. The lowest BCUT2D eigenvalue weighted by Gasteiger charge is -2.34. The maximum Gasteiger partial charge on any atom is 0.262 e. The van der Waals surface area contributed by atoms with Gasteiger partial charge in [0.2, 0.25) is 10.0 Å². The van der Waals surface area contributed by atoms with E-state index in [0.717, 1.165) is 59.0 Å². The highest BCUT2D eigenvalue weighted by Gasteiger charge is 2.41. The van der Waals surface area contributed by atoms with Crippen LogP contribution in [-0.4, -0.2) is 34.4 Å². The number of nitrogens with zero attached hydrogens (tertiary/aromatic N) is 2. The first-order valence-corrected chi connectivity index (χ1v) is 14.6. The maximum absolute atomic E-state index is 13.9. The Hall–Kier alpha value is -3.46. The van der Waals surface area contributed by atoms with E-state index < -0.39 is 22.0 Å². The fourth-order valence-corrected chi connectivity index (χ4v) is 6.98. The fraction of sp³-hybridized carbons (Fsp3) is 0.300. The van der Waals surface area contributed by atoms with Gasteiger partial charge in [0.15, 0.2) is 0 Å². The Labute approximate surface area is 223 Å². The minimum Gasteiger partial charge on any atom is -0.339 e. The van der Waals surface area contributed by atoms with E-state index in [9.17, 15) is 18.4 Å². The van der Waals surface area contributed by atoms with Gasteiger partial charge in [0.1, 0.15) is 6.04 Å². The first-order chi connectivity index (χ1) is 18.4. The lowest BCUT2D eigenvalue weighted by Crippen LogP contribution is -2.52. The summed E-state index contributed by atoms with van der Waals surface area (Å²) in [7, 11) is -4.03. The van der Waals surface area contributed by atoms with Gasteiger partial charge in [0.05, 0.1) is 11.4 Å². The zero-order chi connectivity index (χ0) is 26.7. The van der Waals surface area contributed by atoms with Crippen molar-refractivity contribution in [3.63, 3.8) is 0 Å². The molecular weight excluding hydrogens is 498 g/mol. The number of hydrogen-bond donors (Lipinski definition) is 2. The third-order valence-corrected chi connectivity index (χ3v) is 9.31. The molecule has 3 aromatic carbocycles. The topological polar surface area (TPSA) is 91.6 Å². The summed E-state index contributed by atoms with van der Waals surface area (Å²) >= 11 is 0. The number of sulfonamides is 1. The predicted octanol–water partition coefficient (Wildman–Crippen LogP) is 5.04. The third kappa shape index (κ3) is 4.99. The van der Waals surface area contributed by atoms with Crippen molar-refractivity contribution in [2.75, 3.05) is 0 Å². The van der Waals surface area contributed by atoms with Gasteiger partial charge in [-0.3, -0.25) is 10.0 Å². The van der Waals surface area contributed by atoms with E-state index in [4.69, 9.17) is 0 Å². The van der Waals surface area contributed by atoms with Crippen LogP contribution in [0.4, 0.5) is 0 Å². The Morgan fingerprint density at radius 2 is 1.66 bits per heavy atom. The number of benzene rings is 3. The quantitative estimate of drug-likeness (QED) is 0.180. The summed E-state index contributed by atoms with van der Waals surface area (Å²) in [4.78, 5) is 13.0. The molecule has 0 fully saturated rings. The van der Waals surface area contributed by atoms with Crippen molar-refractivity contribution in [3.05, 3.63) is 101 Å². The number of unbranched alkanes of at least 4 members (excludes halogenated alkanes) is 2. The highest BCUT2D eigenvalue weighted by atomic mass is 32.2. The van der Waals surface area contributed by atoms with Crippen LogP contribution in [0.25, 0.3) is 10.9 Å². The van der Waals surface area contributed by atoms with Gasteiger partial charge in [-0.2, -0.15) is 4.31 Å². The first-order valence-electron chi connectivity index (χ1n) is 13.1. The van der Waals surface area contributed by atoms with Crippen molar-refractivity contribution in [3.8, 4) is 0 Å². The van der Waals surface area contributed by atoms with E-state index in [1.54, 1.807) is 17.6 Å². The highest BCUT2D eigenvalue weighted by molar-refractivity contribution is 7.89. The predicted molar refractivity (Wildman–Crippen MR) is 147 cm³/mol. The number of carbonyl (C=O) groups excluding carboxylic acids is 1. The van der Waals surface area contributed by atoms with Crippen molar-refractivity contribution in [2.24, 2.45) is 0 Å². The number of aromatic nitrogens is 1. The molecule has 8 heteroatoms. The molecule has 198 valence electrons. The number of aryl methyl sites for hydroxylation is 1. The number of fused-ring (bicyclic) bond motifs is 3. The fourth-order valence-electron chi connectivity index (χ4n) is 5.43. The van der Waals surface area contributed by atoms with Gasteiger partial charge in [0.25, 0.3) is 5.91 Å². The number of nitrogens with one attached hydrogen (secondary N) is 1. The minimum absolute atomic E-state index is 0.0233. The molecule has 5 rings (SSSR count). The second-order valence-corrected chi connectivity index (χ2v) is 11.8. The molecule has 7 nitrogen and oxygen atoms in total. The summed E-state index contributed by atoms with van der Waals surface area (Å²) in [5.41, 5.74) is 6.66. The molecule has 38 heavy (non-hydrogen) atoms. The average Bonchev–Trinajstić information content (AvgIpc) is 3.25. The Bertz CT molecular complexity index is 1530. The summed E-state index contributed by atoms with van der Waals surface area (Å²) in [6.07, 6.45) is 4.38. The van der Waals surface area contributed by atoms with Crippen molar-refractivity contribution in [1.82, 2.24) is 14.4 Å². The molecule has 1 aromatic heterocycles. The second kappa shape index (κ2) is 11.1. The van der Waals surface area contributed by atoms with Crippen molar-refractivity contribution < 1.29 is 18.4 Å². The van der Waals surface area contributed by atoms with Crippen LogP contribution in [0.3, 0.4) is 0 Å². The normalized spacial score (nSPS) is 15.9. The number of rotatable bonds is 9. The zero-order valence-corrected chi connectivity index (χ0v) is 22.3. The summed E-state index contributed by atoms with van der Waals surface area (Å²) in [5.74, 6) is -0.740. The van der Waals surface area contributed by atoms with Crippen LogP contribution >= 0.6 is 0 Å². The van der Waals surface area contributed by atoms with Crippen LogP contribution in [0.1, 0.15) is 48.6 Å². The standard InChI is InChI=1S/C30H33N3O4S/c1-2-3-5-10-22-15-17-24(18-16-22)38(36,37)33-21-29-26(19-28(33)30(34)31-35)25-13-8-9-14-27(25)32(29)20-23-11-6-4-7-12-23/h4,6-9,11-18,28,35H,2-3,5,10,19-21H2,1H3,(H,31,34)/t28-/m1/s1. The second-order valence-electron chi connectivity index (χ2n) is 9.86. The number of hydrogen-bond acceptors (Lipinski definition) is 4. The Morgan fingerprint density at radius 3 is 2.37 bits per heavy atom. The van der Waals surface area contributed by atoms with Gasteiger partial charge in [-0.05, 0) is 47.7 Å². The van der Waals surface area contributed by atoms with Gasteiger partial charge in [-0.15, -0.1) is 0 Å². The molecule has 0 aliphatic carbocycles.